The molecule has 1 rings (SSSR count). The summed E-state index contributed by atoms with van der Waals surface area (Å²) in [7, 11) is 3.23. The average molecular weight is 230 g/mol. The molecule has 0 saturated heterocycles. The molecule has 84 valence electrons. The fourth-order valence-electron chi connectivity index (χ4n) is 1.40. The van der Waals surface area contributed by atoms with Crippen molar-refractivity contribution in [1.29, 1.82) is 0 Å². The highest BCUT2D eigenvalue weighted by Crippen LogP contribution is 2.29. The molecule has 1 aromatic rings. The van der Waals surface area contributed by atoms with E-state index in [1.807, 2.05) is 18.2 Å². The summed E-state index contributed by atoms with van der Waals surface area (Å²) in [5, 5.41) is 0. The van der Waals surface area contributed by atoms with E-state index in [-0.39, 0.29) is 6.04 Å². The Morgan fingerprint density at radius 1 is 1.33 bits per heavy atom. The van der Waals surface area contributed by atoms with Gasteiger partial charge in [-0.3, -0.25) is 0 Å². The second kappa shape index (κ2) is 5.83. The molecule has 0 amide bonds. The summed E-state index contributed by atoms with van der Waals surface area (Å²) in [6.45, 7) is 0. The normalized spacial score (nSPS) is 12.3. The van der Waals surface area contributed by atoms with Crippen LogP contribution in [-0.2, 0) is 0 Å². The van der Waals surface area contributed by atoms with Gasteiger partial charge >= 0.3 is 0 Å². The Labute approximate surface area is 95.1 Å². The predicted molar refractivity (Wildman–Crippen MR) is 61.8 cm³/mol. The first-order valence-corrected chi connectivity index (χ1v) is 5.29. The summed E-state index contributed by atoms with van der Waals surface area (Å²) in [4.78, 5) is 0. The van der Waals surface area contributed by atoms with Gasteiger partial charge < -0.3 is 15.2 Å². The Bertz CT molecular complexity index is 317. The molecule has 0 aliphatic carbocycles. The van der Waals surface area contributed by atoms with E-state index in [9.17, 15) is 0 Å². The summed E-state index contributed by atoms with van der Waals surface area (Å²) in [6.07, 6.45) is 0.726. The average Bonchev–Trinajstić information content (AvgIpc) is 2.28. The fraction of sp³-hybridized carbons (Fsp3) is 0.455. The highest BCUT2D eigenvalue weighted by Gasteiger charge is 2.12. The third-order valence-corrected chi connectivity index (χ3v) is 2.48. The molecule has 4 heteroatoms. The van der Waals surface area contributed by atoms with Crippen molar-refractivity contribution in [2.75, 3.05) is 20.1 Å². The van der Waals surface area contributed by atoms with Crippen LogP contribution in [0, 0.1) is 0 Å². The van der Waals surface area contributed by atoms with Crippen molar-refractivity contribution < 1.29 is 9.47 Å². The van der Waals surface area contributed by atoms with Crippen molar-refractivity contribution in [2.24, 2.45) is 5.73 Å². The molecule has 1 unspecified atom stereocenters. The van der Waals surface area contributed by atoms with Crippen molar-refractivity contribution >= 4 is 11.6 Å². The van der Waals surface area contributed by atoms with Crippen LogP contribution in [0.1, 0.15) is 18.0 Å². The third kappa shape index (κ3) is 3.01. The van der Waals surface area contributed by atoms with E-state index < -0.39 is 0 Å². The molecule has 0 fully saturated rings. The van der Waals surface area contributed by atoms with Crippen LogP contribution in [-0.4, -0.2) is 20.1 Å². The van der Waals surface area contributed by atoms with Gasteiger partial charge in [-0.15, -0.1) is 11.6 Å². The number of methoxy groups -OCH3 is 2. The Hall–Kier alpha value is -0.930. The molecular weight excluding hydrogens is 214 g/mol. The van der Waals surface area contributed by atoms with Crippen LogP contribution >= 0.6 is 11.6 Å². The lowest BCUT2D eigenvalue weighted by Gasteiger charge is -2.15. The summed E-state index contributed by atoms with van der Waals surface area (Å²) in [5.74, 6) is 2.04. The number of alkyl halides is 1. The zero-order chi connectivity index (χ0) is 11.3. The van der Waals surface area contributed by atoms with Crippen LogP contribution < -0.4 is 15.2 Å². The van der Waals surface area contributed by atoms with E-state index in [4.69, 9.17) is 26.8 Å². The minimum Gasteiger partial charge on any atom is -0.497 e. The maximum absolute atomic E-state index is 5.97. The van der Waals surface area contributed by atoms with Crippen LogP contribution in [0.5, 0.6) is 11.5 Å². The molecule has 0 heterocycles. The van der Waals surface area contributed by atoms with Gasteiger partial charge in [0.1, 0.15) is 11.5 Å². The number of rotatable bonds is 5. The lowest BCUT2D eigenvalue weighted by Crippen LogP contribution is -2.12. The minimum absolute atomic E-state index is 0.0941. The molecule has 2 N–H and O–H groups in total. The van der Waals surface area contributed by atoms with Gasteiger partial charge in [0.05, 0.1) is 14.2 Å². The molecule has 0 aliphatic heterocycles. The van der Waals surface area contributed by atoms with Crippen molar-refractivity contribution in [1.82, 2.24) is 0 Å². The van der Waals surface area contributed by atoms with Crippen LogP contribution in [0.3, 0.4) is 0 Å². The van der Waals surface area contributed by atoms with Crippen LogP contribution in [0.15, 0.2) is 18.2 Å². The molecule has 1 atom stereocenters. The molecule has 0 saturated carbocycles. The minimum atomic E-state index is -0.0941. The topological polar surface area (TPSA) is 44.5 Å². The predicted octanol–water partition coefficient (Wildman–Crippen LogP) is 2.33. The monoisotopic (exact) mass is 229 g/mol. The number of hydrogen-bond acceptors (Lipinski definition) is 3. The molecule has 0 bridgehead atoms. The lowest BCUT2D eigenvalue weighted by atomic mass is 10.0. The molecule has 3 nitrogen and oxygen atoms in total. The summed E-state index contributed by atoms with van der Waals surface area (Å²) >= 11 is 5.65. The standard InChI is InChI=1S/C11H16ClNO2/c1-14-8-3-4-9(10(13)5-6-12)11(7-8)15-2/h3-4,7,10H,5-6,13H2,1-2H3. The van der Waals surface area contributed by atoms with Crippen molar-refractivity contribution in [3.8, 4) is 11.5 Å². The second-order valence-corrected chi connectivity index (χ2v) is 3.57. The fourth-order valence-corrected chi connectivity index (χ4v) is 1.63. The van der Waals surface area contributed by atoms with Gasteiger partial charge in [0.2, 0.25) is 0 Å². The van der Waals surface area contributed by atoms with Gasteiger partial charge in [-0.2, -0.15) is 0 Å². The second-order valence-electron chi connectivity index (χ2n) is 3.19. The number of benzene rings is 1. The number of ether oxygens (including phenoxy) is 2. The number of hydrogen-bond donors (Lipinski definition) is 1. The molecular formula is C11H16ClNO2. The maximum atomic E-state index is 5.97. The van der Waals surface area contributed by atoms with E-state index in [1.165, 1.54) is 0 Å². The molecule has 0 radical (unpaired) electrons. The summed E-state index contributed by atoms with van der Waals surface area (Å²) in [6, 6.07) is 5.51. The van der Waals surface area contributed by atoms with Crippen molar-refractivity contribution in [3.63, 3.8) is 0 Å². The summed E-state index contributed by atoms with van der Waals surface area (Å²) < 4.78 is 10.4. The zero-order valence-electron chi connectivity index (χ0n) is 9.00. The van der Waals surface area contributed by atoms with Gasteiger partial charge in [-0.05, 0) is 12.5 Å². The first-order chi connectivity index (χ1) is 7.22. The van der Waals surface area contributed by atoms with E-state index >= 15 is 0 Å². The largest absolute Gasteiger partial charge is 0.497 e. The quantitative estimate of drug-likeness (QED) is 0.789. The van der Waals surface area contributed by atoms with Gasteiger partial charge in [0, 0.05) is 23.6 Å². The maximum Gasteiger partial charge on any atom is 0.127 e. The Morgan fingerprint density at radius 2 is 2.07 bits per heavy atom. The third-order valence-electron chi connectivity index (χ3n) is 2.26. The SMILES string of the molecule is COc1ccc(C(N)CCCl)c(OC)c1. The highest BCUT2D eigenvalue weighted by molar-refractivity contribution is 6.17. The number of halogens is 1. The highest BCUT2D eigenvalue weighted by atomic mass is 35.5. The number of nitrogens with two attached hydrogens (primary N) is 1. The summed E-state index contributed by atoms with van der Waals surface area (Å²) in [5.41, 5.74) is 6.93. The molecule has 0 spiro atoms. The van der Waals surface area contributed by atoms with Crippen LogP contribution in [0.4, 0.5) is 0 Å². The van der Waals surface area contributed by atoms with Gasteiger partial charge in [0.15, 0.2) is 0 Å². The lowest BCUT2D eigenvalue weighted by molar-refractivity contribution is 0.388. The molecule has 1 aromatic carbocycles. The Kier molecular flexibility index (Phi) is 4.72. The van der Waals surface area contributed by atoms with Gasteiger partial charge in [-0.1, -0.05) is 6.07 Å². The first kappa shape index (κ1) is 12.1. The van der Waals surface area contributed by atoms with Crippen molar-refractivity contribution in [3.05, 3.63) is 23.8 Å². The van der Waals surface area contributed by atoms with E-state index in [0.717, 1.165) is 23.5 Å². The van der Waals surface area contributed by atoms with Gasteiger partial charge in [0.25, 0.3) is 0 Å². The Balaban J connectivity index is 2.96. The smallest absolute Gasteiger partial charge is 0.127 e. The zero-order valence-corrected chi connectivity index (χ0v) is 9.75. The molecule has 0 aliphatic rings. The van der Waals surface area contributed by atoms with E-state index in [2.05, 4.69) is 0 Å². The van der Waals surface area contributed by atoms with Gasteiger partial charge in [-0.25, -0.2) is 0 Å². The molecule has 15 heavy (non-hydrogen) atoms. The van der Waals surface area contributed by atoms with Crippen molar-refractivity contribution in [2.45, 2.75) is 12.5 Å². The van der Waals surface area contributed by atoms with E-state index in [1.54, 1.807) is 14.2 Å². The van der Waals surface area contributed by atoms with Crippen LogP contribution in [0.2, 0.25) is 0 Å². The Morgan fingerprint density at radius 3 is 2.60 bits per heavy atom. The first-order valence-electron chi connectivity index (χ1n) is 4.76. The van der Waals surface area contributed by atoms with E-state index in [0.29, 0.717) is 5.88 Å². The van der Waals surface area contributed by atoms with Crippen LogP contribution in [0.25, 0.3) is 0 Å². The molecule has 0 aromatic heterocycles.